The zero-order chi connectivity index (χ0) is 17.1. The topological polar surface area (TPSA) is 62.2 Å². The zero-order valence-electron chi connectivity index (χ0n) is 14.5. The molecule has 24 heavy (non-hydrogen) atoms. The zero-order valence-corrected chi connectivity index (χ0v) is 14.5. The number of carbonyl (C=O) groups is 1. The fourth-order valence-corrected chi connectivity index (χ4v) is 2.91. The highest BCUT2D eigenvalue weighted by Crippen LogP contribution is 2.22. The lowest BCUT2D eigenvalue weighted by Crippen LogP contribution is -2.34. The molecule has 2 aromatic heterocycles. The van der Waals surface area contributed by atoms with Crippen molar-refractivity contribution in [3.05, 3.63) is 35.7 Å². The molecule has 0 saturated carbocycles. The Kier molecular flexibility index (Phi) is 4.74. The summed E-state index contributed by atoms with van der Waals surface area (Å²) in [6.07, 6.45) is 3.40. The van der Waals surface area contributed by atoms with Gasteiger partial charge in [-0.25, -0.2) is 9.97 Å². The molecule has 0 radical (unpaired) electrons. The van der Waals surface area contributed by atoms with Crippen molar-refractivity contribution in [2.45, 2.75) is 26.7 Å². The molecule has 0 spiro atoms. The molecule has 0 atom stereocenters. The van der Waals surface area contributed by atoms with Crippen molar-refractivity contribution in [2.75, 3.05) is 31.6 Å². The number of likely N-dealkylation sites (tertiary alicyclic amines) is 1. The first kappa shape index (κ1) is 16.4. The van der Waals surface area contributed by atoms with Gasteiger partial charge in [-0.1, -0.05) is 6.07 Å². The summed E-state index contributed by atoms with van der Waals surface area (Å²) in [7, 11) is 2.01. The molecular formula is C18H23N5O. The molecule has 0 aliphatic carbocycles. The lowest BCUT2D eigenvalue weighted by molar-refractivity contribution is -0.127. The van der Waals surface area contributed by atoms with Gasteiger partial charge in [0.1, 0.15) is 11.5 Å². The molecule has 0 unspecified atom stereocenters. The molecule has 1 aliphatic rings. The first-order valence-electron chi connectivity index (χ1n) is 8.32. The number of hydrogen-bond donors (Lipinski definition) is 0. The monoisotopic (exact) mass is 325 g/mol. The second-order valence-corrected chi connectivity index (χ2v) is 6.20. The molecule has 1 saturated heterocycles. The summed E-state index contributed by atoms with van der Waals surface area (Å²) < 4.78 is 0. The number of anilines is 1. The van der Waals surface area contributed by atoms with Gasteiger partial charge in [0.2, 0.25) is 5.91 Å². The third kappa shape index (κ3) is 3.37. The van der Waals surface area contributed by atoms with Crippen LogP contribution in [0.3, 0.4) is 0 Å². The minimum Gasteiger partial charge on any atom is -0.358 e. The van der Waals surface area contributed by atoms with Crippen molar-refractivity contribution in [3.63, 3.8) is 0 Å². The van der Waals surface area contributed by atoms with E-state index < -0.39 is 0 Å². The summed E-state index contributed by atoms with van der Waals surface area (Å²) in [5.74, 6) is 1.79. The summed E-state index contributed by atoms with van der Waals surface area (Å²) in [5, 5.41) is 0. The number of likely N-dealkylation sites (N-methyl/N-ethyl adjacent to an activating group) is 1. The molecule has 6 heteroatoms. The SMILES string of the molecule is Cc1nc(-c2ccccn2)nc(N(C)CCN2CCCC2=O)c1C. The Morgan fingerprint density at radius 2 is 2.08 bits per heavy atom. The van der Waals surface area contributed by atoms with Crippen LogP contribution in [0.4, 0.5) is 5.82 Å². The van der Waals surface area contributed by atoms with E-state index in [4.69, 9.17) is 4.98 Å². The highest BCUT2D eigenvalue weighted by Gasteiger charge is 2.21. The molecule has 1 fully saturated rings. The van der Waals surface area contributed by atoms with E-state index in [0.29, 0.717) is 12.2 Å². The van der Waals surface area contributed by atoms with E-state index in [1.54, 1.807) is 6.20 Å². The molecule has 1 aliphatic heterocycles. The van der Waals surface area contributed by atoms with Crippen molar-refractivity contribution in [3.8, 4) is 11.5 Å². The summed E-state index contributed by atoms with van der Waals surface area (Å²) >= 11 is 0. The third-order valence-corrected chi connectivity index (χ3v) is 4.50. The van der Waals surface area contributed by atoms with E-state index in [9.17, 15) is 4.79 Å². The number of pyridine rings is 1. The van der Waals surface area contributed by atoms with Crippen LogP contribution >= 0.6 is 0 Å². The maximum Gasteiger partial charge on any atom is 0.222 e. The number of aryl methyl sites for hydroxylation is 1. The van der Waals surface area contributed by atoms with E-state index in [2.05, 4.69) is 14.9 Å². The van der Waals surface area contributed by atoms with Gasteiger partial charge in [-0.2, -0.15) is 0 Å². The molecule has 6 nitrogen and oxygen atoms in total. The van der Waals surface area contributed by atoms with Gasteiger partial charge in [-0.15, -0.1) is 0 Å². The van der Waals surface area contributed by atoms with Crippen LogP contribution in [0.15, 0.2) is 24.4 Å². The van der Waals surface area contributed by atoms with Crippen LogP contribution in [0, 0.1) is 13.8 Å². The average molecular weight is 325 g/mol. The van der Waals surface area contributed by atoms with Gasteiger partial charge in [0.05, 0.1) is 0 Å². The number of amides is 1. The van der Waals surface area contributed by atoms with Crippen LogP contribution in [0.1, 0.15) is 24.1 Å². The quantitative estimate of drug-likeness (QED) is 0.843. The van der Waals surface area contributed by atoms with Gasteiger partial charge in [0, 0.05) is 50.6 Å². The van der Waals surface area contributed by atoms with E-state index in [1.165, 1.54) is 0 Å². The second kappa shape index (κ2) is 6.95. The summed E-state index contributed by atoms with van der Waals surface area (Å²) in [6.45, 7) is 6.38. The lowest BCUT2D eigenvalue weighted by atomic mass is 10.2. The van der Waals surface area contributed by atoms with Gasteiger partial charge in [0.15, 0.2) is 5.82 Å². The number of aromatic nitrogens is 3. The van der Waals surface area contributed by atoms with Crippen molar-refractivity contribution in [2.24, 2.45) is 0 Å². The van der Waals surface area contributed by atoms with Crippen LogP contribution in [0.25, 0.3) is 11.5 Å². The fraction of sp³-hybridized carbons (Fsp3) is 0.444. The normalized spacial score (nSPS) is 14.3. The molecule has 3 heterocycles. The van der Waals surface area contributed by atoms with Gasteiger partial charge in [-0.05, 0) is 32.4 Å². The minimum absolute atomic E-state index is 0.258. The van der Waals surface area contributed by atoms with E-state index in [0.717, 1.165) is 48.8 Å². The molecule has 3 rings (SSSR count). The van der Waals surface area contributed by atoms with E-state index >= 15 is 0 Å². The molecule has 2 aromatic rings. The Morgan fingerprint density at radius 3 is 2.75 bits per heavy atom. The number of nitrogens with zero attached hydrogens (tertiary/aromatic N) is 5. The molecular weight excluding hydrogens is 302 g/mol. The van der Waals surface area contributed by atoms with Crippen molar-refractivity contribution in [1.82, 2.24) is 19.9 Å². The Hall–Kier alpha value is -2.50. The Bertz CT molecular complexity index is 732. The number of carbonyl (C=O) groups excluding carboxylic acids is 1. The predicted octanol–water partition coefficient (Wildman–Crippen LogP) is 2.21. The van der Waals surface area contributed by atoms with Crippen LogP contribution < -0.4 is 4.90 Å². The lowest BCUT2D eigenvalue weighted by Gasteiger charge is -2.24. The molecule has 0 N–H and O–H groups in total. The van der Waals surface area contributed by atoms with Gasteiger partial charge < -0.3 is 9.80 Å². The van der Waals surface area contributed by atoms with Gasteiger partial charge in [0.25, 0.3) is 0 Å². The Balaban J connectivity index is 1.81. The number of rotatable bonds is 5. The summed E-state index contributed by atoms with van der Waals surface area (Å²) in [5.41, 5.74) is 2.78. The van der Waals surface area contributed by atoms with Crippen LogP contribution in [0.5, 0.6) is 0 Å². The van der Waals surface area contributed by atoms with Crippen LogP contribution in [-0.2, 0) is 4.79 Å². The van der Waals surface area contributed by atoms with E-state index in [1.807, 2.05) is 44.0 Å². The maximum atomic E-state index is 11.8. The van der Waals surface area contributed by atoms with Crippen molar-refractivity contribution >= 4 is 11.7 Å². The largest absolute Gasteiger partial charge is 0.358 e. The third-order valence-electron chi connectivity index (χ3n) is 4.50. The van der Waals surface area contributed by atoms with Crippen LogP contribution in [0.2, 0.25) is 0 Å². The fourth-order valence-electron chi connectivity index (χ4n) is 2.91. The van der Waals surface area contributed by atoms with Crippen molar-refractivity contribution in [1.29, 1.82) is 0 Å². The Labute approximate surface area is 142 Å². The maximum absolute atomic E-state index is 11.8. The first-order chi connectivity index (χ1) is 11.6. The predicted molar refractivity (Wildman–Crippen MR) is 93.8 cm³/mol. The van der Waals surface area contributed by atoms with E-state index in [-0.39, 0.29) is 5.91 Å². The number of hydrogen-bond acceptors (Lipinski definition) is 5. The first-order valence-corrected chi connectivity index (χ1v) is 8.32. The molecule has 1 amide bonds. The molecule has 126 valence electrons. The highest BCUT2D eigenvalue weighted by atomic mass is 16.2. The molecule has 0 bridgehead atoms. The molecule has 0 aromatic carbocycles. The van der Waals surface area contributed by atoms with Crippen LogP contribution in [-0.4, -0.2) is 52.4 Å². The average Bonchev–Trinajstić information content (AvgIpc) is 3.01. The second-order valence-electron chi connectivity index (χ2n) is 6.20. The summed E-state index contributed by atoms with van der Waals surface area (Å²) in [6, 6.07) is 5.73. The van der Waals surface area contributed by atoms with Crippen molar-refractivity contribution < 1.29 is 4.79 Å². The van der Waals surface area contributed by atoms with Gasteiger partial charge in [-0.3, -0.25) is 9.78 Å². The minimum atomic E-state index is 0.258. The standard InChI is InChI=1S/C18H23N5O/c1-13-14(2)20-17(15-7-4-5-9-19-15)21-18(13)22(3)11-12-23-10-6-8-16(23)24/h4-5,7,9H,6,8,10-12H2,1-3H3. The van der Waals surface area contributed by atoms with Gasteiger partial charge >= 0.3 is 0 Å². The Morgan fingerprint density at radius 1 is 1.25 bits per heavy atom. The smallest absolute Gasteiger partial charge is 0.222 e. The summed E-state index contributed by atoms with van der Waals surface area (Å²) in [4.78, 5) is 29.4. The highest BCUT2D eigenvalue weighted by molar-refractivity contribution is 5.78.